The van der Waals surface area contributed by atoms with Gasteiger partial charge in [0.1, 0.15) is 5.82 Å². The first kappa shape index (κ1) is 12.8. The summed E-state index contributed by atoms with van der Waals surface area (Å²) < 4.78 is 14.7. The van der Waals surface area contributed by atoms with Crippen LogP contribution in [0.2, 0.25) is 4.34 Å². The van der Waals surface area contributed by atoms with Gasteiger partial charge in [0, 0.05) is 4.88 Å². The second-order valence-corrected chi connectivity index (χ2v) is 6.92. The number of aromatic nitrogens is 1. The van der Waals surface area contributed by atoms with E-state index in [1.165, 1.54) is 23.5 Å². The van der Waals surface area contributed by atoms with Crippen LogP contribution < -0.4 is 5.32 Å². The number of thiazole rings is 1. The van der Waals surface area contributed by atoms with Crippen LogP contribution in [0.15, 0.2) is 30.3 Å². The maximum atomic E-state index is 13.1. The van der Waals surface area contributed by atoms with E-state index in [1.807, 2.05) is 12.1 Å². The Kier molecular flexibility index (Phi) is 3.43. The van der Waals surface area contributed by atoms with Crippen LogP contribution in [0.4, 0.5) is 9.52 Å². The number of fused-ring (bicyclic) bond motifs is 1. The van der Waals surface area contributed by atoms with Crippen molar-refractivity contribution in [1.82, 2.24) is 4.98 Å². The first-order valence-electron chi connectivity index (χ1n) is 5.70. The van der Waals surface area contributed by atoms with Crippen molar-refractivity contribution in [1.29, 1.82) is 0 Å². The summed E-state index contributed by atoms with van der Waals surface area (Å²) in [5.41, 5.74) is 0.810. The molecule has 0 fully saturated rings. The fraction of sp³-hybridized carbons (Fsp3) is 0.154. The van der Waals surface area contributed by atoms with E-state index in [2.05, 4.69) is 17.2 Å². The third-order valence-corrected chi connectivity index (χ3v) is 5.07. The van der Waals surface area contributed by atoms with Gasteiger partial charge in [-0.05, 0) is 37.3 Å². The summed E-state index contributed by atoms with van der Waals surface area (Å²) in [6.45, 7) is 2.05. The van der Waals surface area contributed by atoms with Crippen molar-refractivity contribution in [3.63, 3.8) is 0 Å². The number of thiophene rings is 1. The average Bonchev–Trinajstić information content (AvgIpc) is 2.94. The van der Waals surface area contributed by atoms with Gasteiger partial charge in [0.2, 0.25) is 0 Å². The summed E-state index contributed by atoms with van der Waals surface area (Å²) in [5, 5.41) is 4.11. The van der Waals surface area contributed by atoms with Gasteiger partial charge in [0.15, 0.2) is 5.13 Å². The molecule has 2 nitrogen and oxygen atoms in total. The van der Waals surface area contributed by atoms with E-state index in [0.717, 1.165) is 24.6 Å². The summed E-state index contributed by atoms with van der Waals surface area (Å²) in [6, 6.07) is 8.63. The number of hydrogen-bond donors (Lipinski definition) is 1. The number of anilines is 1. The zero-order valence-electron chi connectivity index (χ0n) is 9.98. The molecule has 2 aromatic heterocycles. The summed E-state index contributed by atoms with van der Waals surface area (Å²) >= 11 is 8.92. The van der Waals surface area contributed by atoms with E-state index in [4.69, 9.17) is 11.6 Å². The maximum Gasteiger partial charge on any atom is 0.184 e. The van der Waals surface area contributed by atoms with Crippen LogP contribution in [0, 0.1) is 5.82 Å². The van der Waals surface area contributed by atoms with Crippen LogP contribution in [-0.4, -0.2) is 4.98 Å². The molecule has 98 valence electrons. The van der Waals surface area contributed by atoms with Crippen LogP contribution in [0.3, 0.4) is 0 Å². The maximum absolute atomic E-state index is 13.1. The Hall–Kier alpha value is -1.17. The van der Waals surface area contributed by atoms with Crippen LogP contribution >= 0.6 is 34.3 Å². The van der Waals surface area contributed by atoms with Crippen molar-refractivity contribution < 1.29 is 4.39 Å². The number of benzene rings is 1. The Bertz CT molecular complexity index is 722. The third kappa shape index (κ3) is 2.73. The predicted octanol–water partition coefficient (Wildman–Crippen LogP) is 5.32. The second-order valence-electron chi connectivity index (χ2n) is 4.14. The highest BCUT2D eigenvalue weighted by Gasteiger charge is 2.11. The molecular formula is C13H10ClFN2S2. The topological polar surface area (TPSA) is 24.9 Å². The van der Waals surface area contributed by atoms with Gasteiger partial charge in [-0.1, -0.05) is 22.9 Å². The van der Waals surface area contributed by atoms with Gasteiger partial charge in [0.25, 0.3) is 0 Å². The Morgan fingerprint density at radius 3 is 2.84 bits per heavy atom. The molecule has 1 N–H and O–H groups in total. The molecule has 1 aromatic carbocycles. The van der Waals surface area contributed by atoms with Crippen LogP contribution in [0.25, 0.3) is 10.2 Å². The molecule has 2 heterocycles. The van der Waals surface area contributed by atoms with Gasteiger partial charge < -0.3 is 5.32 Å². The van der Waals surface area contributed by atoms with Crippen molar-refractivity contribution in [2.75, 3.05) is 5.32 Å². The zero-order chi connectivity index (χ0) is 13.4. The minimum atomic E-state index is -0.235. The van der Waals surface area contributed by atoms with E-state index in [1.54, 1.807) is 17.4 Å². The van der Waals surface area contributed by atoms with Gasteiger partial charge in [-0.25, -0.2) is 9.37 Å². The minimum Gasteiger partial charge on any atom is -0.354 e. The average molecular weight is 313 g/mol. The normalized spacial score (nSPS) is 12.8. The standard InChI is InChI=1S/C13H10ClFN2S2/c1-7(10-4-5-12(14)18-10)16-13-17-9-3-2-8(15)6-11(9)19-13/h2-7H,1H3,(H,16,17). The summed E-state index contributed by atoms with van der Waals surface area (Å²) in [5.74, 6) is -0.235. The molecule has 19 heavy (non-hydrogen) atoms. The molecule has 6 heteroatoms. The zero-order valence-corrected chi connectivity index (χ0v) is 12.4. The fourth-order valence-electron chi connectivity index (χ4n) is 1.78. The molecule has 3 aromatic rings. The van der Waals surface area contributed by atoms with Crippen molar-refractivity contribution in [2.24, 2.45) is 0 Å². The number of nitrogens with zero attached hydrogens (tertiary/aromatic N) is 1. The Balaban J connectivity index is 1.85. The molecular weight excluding hydrogens is 303 g/mol. The Labute approximate surface area is 122 Å². The van der Waals surface area contributed by atoms with Gasteiger partial charge in [-0.3, -0.25) is 0 Å². The van der Waals surface area contributed by atoms with Crippen LogP contribution in [0.1, 0.15) is 17.8 Å². The molecule has 0 aliphatic rings. The van der Waals surface area contributed by atoms with E-state index < -0.39 is 0 Å². The van der Waals surface area contributed by atoms with Gasteiger partial charge in [-0.2, -0.15) is 0 Å². The fourth-order valence-corrected chi connectivity index (χ4v) is 3.82. The smallest absolute Gasteiger partial charge is 0.184 e. The first-order valence-corrected chi connectivity index (χ1v) is 7.71. The molecule has 0 bridgehead atoms. The molecule has 0 saturated carbocycles. The van der Waals surface area contributed by atoms with Gasteiger partial charge in [0.05, 0.1) is 20.6 Å². The molecule has 1 atom stereocenters. The number of rotatable bonds is 3. The third-order valence-electron chi connectivity index (χ3n) is 2.71. The lowest BCUT2D eigenvalue weighted by Gasteiger charge is -2.09. The molecule has 0 aliphatic heterocycles. The van der Waals surface area contributed by atoms with E-state index >= 15 is 0 Å². The number of hydrogen-bond acceptors (Lipinski definition) is 4. The van der Waals surface area contributed by atoms with Crippen molar-refractivity contribution in [3.05, 3.63) is 45.4 Å². The van der Waals surface area contributed by atoms with Crippen molar-refractivity contribution in [3.8, 4) is 0 Å². The Morgan fingerprint density at radius 2 is 2.11 bits per heavy atom. The Morgan fingerprint density at radius 1 is 1.26 bits per heavy atom. The molecule has 0 spiro atoms. The second kappa shape index (κ2) is 5.07. The summed E-state index contributed by atoms with van der Waals surface area (Å²) in [4.78, 5) is 5.59. The molecule has 1 unspecified atom stereocenters. The van der Waals surface area contributed by atoms with Gasteiger partial charge >= 0.3 is 0 Å². The highest BCUT2D eigenvalue weighted by Crippen LogP contribution is 2.32. The number of nitrogens with one attached hydrogen (secondary N) is 1. The highest BCUT2D eigenvalue weighted by molar-refractivity contribution is 7.22. The summed E-state index contributed by atoms with van der Waals surface area (Å²) in [7, 11) is 0. The predicted molar refractivity (Wildman–Crippen MR) is 80.9 cm³/mol. The first-order chi connectivity index (χ1) is 9.11. The lowest BCUT2D eigenvalue weighted by Crippen LogP contribution is -2.03. The largest absolute Gasteiger partial charge is 0.354 e. The SMILES string of the molecule is CC(Nc1nc2ccc(F)cc2s1)c1ccc(Cl)s1. The molecule has 0 amide bonds. The van der Waals surface area contributed by atoms with Crippen molar-refractivity contribution in [2.45, 2.75) is 13.0 Å². The van der Waals surface area contributed by atoms with E-state index in [-0.39, 0.29) is 11.9 Å². The van der Waals surface area contributed by atoms with E-state index in [0.29, 0.717) is 0 Å². The van der Waals surface area contributed by atoms with Crippen LogP contribution in [0.5, 0.6) is 0 Å². The number of halogens is 2. The molecule has 0 saturated heterocycles. The lowest BCUT2D eigenvalue weighted by atomic mass is 10.3. The molecule has 3 rings (SSSR count). The monoisotopic (exact) mass is 312 g/mol. The van der Waals surface area contributed by atoms with Crippen molar-refractivity contribution >= 4 is 49.6 Å². The highest BCUT2D eigenvalue weighted by atomic mass is 35.5. The lowest BCUT2D eigenvalue weighted by molar-refractivity contribution is 0.630. The molecule has 0 aliphatic carbocycles. The minimum absolute atomic E-state index is 0.128. The molecule has 0 radical (unpaired) electrons. The quantitative estimate of drug-likeness (QED) is 0.707. The summed E-state index contributed by atoms with van der Waals surface area (Å²) in [6.07, 6.45) is 0. The van der Waals surface area contributed by atoms with Gasteiger partial charge in [-0.15, -0.1) is 11.3 Å². The van der Waals surface area contributed by atoms with Crippen LogP contribution in [-0.2, 0) is 0 Å². The van der Waals surface area contributed by atoms with E-state index in [9.17, 15) is 4.39 Å².